The monoisotopic (exact) mass is 381 g/mol. The molecule has 8 heteroatoms. The summed E-state index contributed by atoms with van der Waals surface area (Å²) in [5.41, 5.74) is 0.649. The number of sulfonamides is 1. The standard InChI is InChI=1S/C17H23N3O3S2/c21-16(13-5-6-13)19-17(24)18-14-7-9-15(10-8-14)25(22,23)20-11-3-1-2-4-12-20/h7-10,13H,1-6,11-12H2,(H2,18,19,21,24). The lowest BCUT2D eigenvalue weighted by molar-refractivity contribution is -0.120. The van der Waals surface area contributed by atoms with Crippen molar-refractivity contribution in [3.05, 3.63) is 24.3 Å². The SMILES string of the molecule is O=C(NC(=S)Nc1ccc(S(=O)(=O)N2CCCCCC2)cc1)C1CC1. The van der Waals surface area contributed by atoms with Crippen molar-refractivity contribution in [3.8, 4) is 0 Å². The molecule has 2 fully saturated rings. The fraction of sp³-hybridized carbons (Fsp3) is 0.529. The summed E-state index contributed by atoms with van der Waals surface area (Å²) in [7, 11) is -3.45. The van der Waals surface area contributed by atoms with Crippen LogP contribution in [0.15, 0.2) is 29.2 Å². The molecule has 1 aliphatic heterocycles. The Kier molecular flexibility index (Phi) is 5.71. The van der Waals surface area contributed by atoms with Crippen LogP contribution in [-0.4, -0.2) is 36.8 Å². The maximum Gasteiger partial charge on any atom is 0.243 e. The molecule has 0 aromatic heterocycles. The van der Waals surface area contributed by atoms with E-state index in [0.717, 1.165) is 38.5 Å². The number of carbonyl (C=O) groups excluding carboxylic acids is 1. The molecular weight excluding hydrogens is 358 g/mol. The molecule has 136 valence electrons. The zero-order valence-electron chi connectivity index (χ0n) is 14.0. The van der Waals surface area contributed by atoms with E-state index in [4.69, 9.17) is 12.2 Å². The highest BCUT2D eigenvalue weighted by atomic mass is 32.2. The second kappa shape index (κ2) is 7.80. The van der Waals surface area contributed by atoms with Crippen LogP contribution in [0.5, 0.6) is 0 Å². The van der Waals surface area contributed by atoms with Gasteiger partial charge in [-0.05, 0) is 62.2 Å². The van der Waals surface area contributed by atoms with Crippen LogP contribution in [0.3, 0.4) is 0 Å². The molecule has 1 saturated carbocycles. The van der Waals surface area contributed by atoms with Gasteiger partial charge in [0, 0.05) is 24.7 Å². The normalized spacial score (nSPS) is 19.0. The van der Waals surface area contributed by atoms with Gasteiger partial charge in [-0.1, -0.05) is 12.8 Å². The predicted octanol–water partition coefficient (Wildman–Crippen LogP) is 2.47. The molecule has 0 spiro atoms. The molecule has 1 aliphatic carbocycles. The zero-order chi connectivity index (χ0) is 17.9. The topological polar surface area (TPSA) is 78.5 Å². The van der Waals surface area contributed by atoms with Gasteiger partial charge < -0.3 is 10.6 Å². The van der Waals surface area contributed by atoms with Crippen molar-refractivity contribution in [2.24, 2.45) is 5.92 Å². The maximum atomic E-state index is 12.7. The molecule has 1 aromatic carbocycles. The zero-order valence-corrected chi connectivity index (χ0v) is 15.7. The van der Waals surface area contributed by atoms with Crippen molar-refractivity contribution >= 4 is 38.9 Å². The van der Waals surface area contributed by atoms with Crippen molar-refractivity contribution in [3.63, 3.8) is 0 Å². The summed E-state index contributed by atoms with van der Waals surface area (Å²) in [5, 5.41) is 5.80. The summed E-state index contributed by atoms with van der Waals surface area (Å²) in [6, 6.07) is 6.49. The third-order valence-corrected chi connectivity index (χ3v) is 6.62. The van der Waals surface area contributed by atoms with Gasteiger partial charge in [0.05, 0.1) is 4.90 Å². The number of rotatable bonds is 4. The quantitative estimate of drug-likeness (QED) is 0.784. The van der Waals surface area contributed by atoms with E-state index in [-0.39, 0.29) is 21.8 Å². The minimum atomic E-state index is -3.45. The van der Waals surface area contributed by atoms with Crippen LogP contribution in [0, 0.1) is 5.92 Å². The fourth-order valence-corrected chi connectivity index (χ4v) is 4.60. The molecule has 6 nitrogen and oxygen atoms in total. The van der Waals surface area contributed by atoms with Crippen molar-refractivity contribution in [2.45, 2.75) is 43.4 Å². The molecule has 3 rings (SSSR count). The minimum absolute atomic E-state index is 0.0575. The number of amides is 1. The Labute approximate surface area is 154 Å². The first kappa shape index (κ1) is 18.3. The van der Waals surface area contributed by atoms with Crippen LogP contribution in [0.2, 0.25) is 0 Å². The van der Waals surface area contributed by atoms with Crippen LogP contribution in [-0.2, 0) is 14.8 Å². The van der Waals surface area contributed by atoms with Crippen LogP contribution in [0.1, 0.15) is 38.5 Å². The van der Waals surface area contributed by atoms with Gasteiger partial charge in [0.2, 0.25) is 15.9 Å². The van der Waals surface area contributed by atoms with Gasteiger partial charge in [0.25, 0.3) is 0 Å². The molecule has 1 heterocycles. The Morgan fingerprint density at radius 3 is 2.20 bits per heavy atom. The van der Waals surface area contributed by atoms with Crippen molar-refractivity contribution < 1.29 is 13.2 Å². The van der Waals surface area contributed by atoms with Gasteiger partial charge in [0.15, 0.2) is 5.11 Å². The van der Waals surface area contributed by atoms with E-state index < -0.39 is 10.0 Å². The van der Waals surface area contributed by atoms with E-state index in [9.17, 15) is 13.2 Å². The molecule has 1 amide bonds. The first-order valence-corrected chi connectivity index (χ1v) is 10.5. The number of benzene rings is 1. The average molecular weight is 382 g/mol. The first-order chi connectivity index (χ1) is 12.0. The Bertz CT molecular complexity index is 735. The average Bonchev–Trinajstić information content (AvgIpc) is 3.42. The van der Waals surface area contributed by atoms with Gasteiger partial charge in [-0.2, -0.15) is 4.31 Å². The smallest absolute Gasteiger partial charge is 0.243 e. The van der Waals surface area contributed by atoms with Crippen LogP contribution in [0.4, 0.5) is 5.69 Å². The third kappa shape index (κ3) is 4.77. The summed E-state index contributed by atoms with van der Waals surface area (Å²) in [4.78, 5) is 12.0. The summed E-state index contributed by atoms with van der Waals surface area (Å²) in [5.74, 6) is 0.0266. The Hall–Kier alpha value is -1.51. The van der Waals surface area contributed by atoms with Gasteiger partial charge in [-0.3, -0.25) is 4.79 Å². The molecule has 0 radical (unpaired) electrons. The molecule has 0 unspecified atom stereocenters. The predicted molar refractivity (Wildman–Crippen MR) is 101 cm³/mol. The van der Waals surface area contributed by atoms with Gasteiger partial charge in [-0.25, -0.2) is 8.42 Å². The first-order valence-electron chi connectivity index (χ1n) is 8.69. The van der Waals surface area contributed by atoms with E-state index in [1.807, 2.05) is 0 Å². The highest BCUT2D eigenvalue weighted by Gasteiger charge is 2.30. The number of thiocarbonyl (C=S) groups is 1. The van der Waals surface area contributed by atoms with E-state index in [0.29, 0.717) is 18.8 Å². The highest BCUT2D eigenvalue weighted by molar-refractivity contribution is 7.89. The number of nitrogens with one attached hydrogen (secondary N) is 2. The van der Waals surface area contributed by atoms with E-state index in [1.165, 1.54) is 0 Å². The second-order valence-electron chi connectivity index (χ2n) is 6.56. The summed E-state index contributed by atoms with van der Waals surface area (Å²) in [6.45, 7) is 1.17. The third-order valence-electron chi connectivity index (χ3n) is 4.50. The number of anilines is 1. The Morgan fingerprint density at radius 2 is 1.64 bits per heavy atom. The van der Waals surface area contributed by atoms with Crippen molar-refractivity contribution in [2.75, 3.05) is 18.4 Å². The van der Waals surface area contributed by atoms with E-state index in [1.54, 1.807) is 28.6 Å². The van der Waals surface area contributed by atoms with Crippen molar-refractivity contribution in [1.29, 1.82) is 0 Å². The fourth-order valence-electron chi connectivity index (χ4n) is 2.86. The molecule has 2 N–H and O–H groups in total. The molecule has 0 bridgehead atoms. The molecule has 2 aliphatic rings. The molecule has 25 heavy (non-hydrogen) atoms. The maximum absolute atomic E-state index is 12.7. The number of carbonyl (C=O) groups is 1. The highest BCUT2D eigenvalue weighted by Crippen LogP contribution is 2.28. The van der Waals surface area contributed by atoms with Crippen LogP contribution < -0.4 is 10.6 Å². The molecule has 0 atom stereocenters. The van der Waals surface area contributed by atoms with E-state index >= 15 is 0 Å². The lowest BCUT2D eigenvalue weighted by Crippen LogP contribution is -2.35. The number of hydrogen-bond donors (Lipinski definition) is 2. The Morgan fingerprint density at radius 1 is 1.04 bits per heavy atom. The van der Waals surface area contributed by atoms with Gasteiger partial charge in [0.1, 0.15) is 0 Å². The molecule has 1 saturated heterocycles. The van der Waals surface area contributed by atoms with Crippen LogP contribution in [0.25, 0.3) is 0 Å². The van der Waals surface area contributed by atoms with Crippen LogP contribution >= 0.6 is 12.2 Å². The summed E-state index contributed by atoms with van der Waals surface area (Å²) in [6.07, 6.45) is 5.81. The number of nitrogens with zero attached hydrogens (tertiary/aromatic N) is 1. The lowest BCUT2D eigenvalue weighted by atomic mass is 10.2. The molecular formula is C17H23N3O3S2. The largest absolute Gasteiger partial charge is 0.332 e. The second-order valence-corrected chi connectivity index (χ2v) is 8.91. The lowest BCUT2D eigenvalue weighted by Gasteiger charge is -2.20. The summed E-state index contributed by atoms with van der Waals surface area (Å²) >= 11 is 5.11. The summed E-state index contributed by atoms with van der Waals surface area (Å²) < 4.78 is 27.0. The van der Waals surface area contributed by atoms with Gasteiger partial charge in [-0.15, -0.1) is 0 Å². The van der Waals surface area contributed by atoms with Crippen molar-refractivity contribution in [1.82, 2.24) is 9.62 Å². The Balaban J connectivity index is 1.62. The number of hydrogen-bond acceptors (Lipinski definition) is 4. The van der Waals surface area contributed by atoms with Gasteiger partial charge >= 0.3 is 0 Å². The molecule has 1 aromatic rings. The minimum Gasteiger partial charge on any atom is -0.332 e. The van der Waals surface area contributed by atoms with E-state index in [2.05, 4.69) is 10.6 Å².